The molecule has 21 heavy (non-hydrogen) atoms. The van der Waals surface area contributed by atoms with Gasteiger partial charge in [0.15, 0.2) is 0 Å². The molecule has 4 nitrogen and oxygen atoms in total. The van der Waals surface area contributed by atoms with Crippen molar-refractivity contribution in [3.8, 4) is 28.4 Å². The highest BCUT2D eigenvalue weighted by molar-refractivity contribution is 5.65. The van der Waals surface area contributed by atoms with Gasteiger partial charge in [-0.1, -0.05) is 0 Å². The first-order valence-electron chi connectivity index (χ1n) is 6.71. The van der Waals surface area contributed by atoms with E-state index in [9.17, 15) is 10.2 Å². The summed E-state index contributed by atoms with van der Waals surface area (Å²) in [6.07, 6.45) is 0. The van der Waals surface area contributed by atoms with Gasteiger partial charge in [0, 0.05) is 11.3 Å². The SMILES string of the molecule is Cc1c(-c2ccc(O)cc2)nn(-c2ccc(O)cc2)c1C. The zero-order chi connectivity index (χ0) is 15.0. The van der Waals surface area contributed by atoms with Crippen LogP contribution < -0.4 is 0 Å². The largest absolute Gasteiger partial charge is 0.508 e. The Labute approximate surface area is 122 Å². The lowest BCUT2D eigenvalue weighted by Crippen LogP contribution is -1.98. The molecule has 0 radical (unpaired) electrons. The van der Waals surface area contributed by atoms with E-state index < -0.39 is 0 Å². The van der Waals surface area contributed by atoms with Crippen LogP contribution in [0.25, 0.3) is 16.9 Å². The fourth-order valence-electron chi connectivity index (χ4n) is 2.32. The van der Waals surface area contributed by atoms with Crippen molar-refractivity contribution in [1.29, 1.82) is 0 Å². The van der Waals surface area contributed by atoms with Crippen LogP contribution in [0.2, 0.25) is 0 Å². The Morgan fingerprint density at radius 2 is 1.33 bits per heavy atom. The Bertz CT molecular complexity index is 706. The summed E-state index contributed by atoms with van der Waals surface area (Å²) >= 11 is 0. The molecule has 0 unspecified atom stereocenters. The molecule has 0 aliphatic carbocycles. The maximum atomic E-state index is 9.39. The summed E-state index contributed by atoms with van der Waals surface area (Å²) in [6, 6.07) is 14.0. The summed E-state index contributed by atoms with van der Waals surface area (Å²) < 4.78 is 1.86. The van der Waals surface area contributed by atoms with Crippen molar-refractivity contribution in [2.24, 2.45) is 0 Å². The van der Waals surface area contributed by atoms with Crippen molar-refractivity contribution in [2.45, 2.75) is 13.8 Å². The maximum Gasteiger partial charge on any atom is 0.115 e. The predicted octanol–water partition coefficient (Wildman–Crippen LogP) is 3.57. The minimum atomic E-state index is 0.235. The van der Waals surface area contributed by atoms with Crippen molar-refractivity contribution in [2.75, 3.05) is 0 Å². The van der Waals surface area contributed by atoms with Gasteiger partial charge in [-0.2, -0.15) is 5.10 Å². The molecular formula is C17H16N2O2. The van der Waals surface area contributed by atoms with E-state index in [1.165, 1.54) is 0 Å². The summed E-state index contributed by atoms with van der Waals surface area (Å²) in [5.74, 6) is 0.477. The van der Waals surface area contributed by atoms with Crippen LogP contribution in [0, 0.1) is 13.8 Å². The molecule has 1 aromatic heterocycles. The van der Waals surface area contributed by atoms with Gasteiger partial charge in [-0.25, -0.2) is 4.68 Å². The average molecular weight is 280 g/mol. The van der Waals surface area contributed by atoms with E-state index in [-0.39, 0.29) is 11.5 Å². The predicted molar refractivity (Wildman–Crippen MR) is 81.8 cm³/mol. The molecule has 1 heterocycles. The van der Waals surface area contributed by atoms with Gasteiger partial charge in [0.05, 0.1) is 11.4 Å². The zero-order valence-electron chi connectivity index (χ0n) is 11.9. The van der Waals surface area contributed by atoms with Crippen LogP contribution >= 0.6 is 0 Å². The minimum absolute atomic E-state index is 0.235. The number of phenolic OH excluding ortho intramolecular Hbond substituents is 2. The summed E-state index contributed by atoms with van der Waals surface area (Å²) in [5, 5.41) is 23.4. The summed E-state index contributed by atoms with van der Waals surface area (Å²) in [7, 11) is 0. The van der Waals surface area contributed by atoms with Crippen molar-refractivity contribution >= 4 is 0 Å². The lowest BCUT2D eigenvalue weighted by Gasteiger charge is -2.04. The third-order valence-corrected chi connectivity index (χ3v) is 3.65. The van der Waals surface area contributed by atoms with E-state index in [0.717, 1.165) is 28.2 Å². The Balaban J connectivity index is 2.11. The standard InChI is InChI=1S/C17H16N2O2/c1-11-12(2)19(14-5-9-16(21)10-6-14)18-17(11)13-3-7-15(20)8-4-13/h3-10,20-21H,1-2H3. The second-order valence-electron chi connectivity index (χ2n) is 5.03. The molecule has 4 heteroatoms. The van der Waals surface area contributed by atoms with Crippen LogP contribution in [0.15, 0.2) is 48.5 Å². The van der Waals surface area contributed by atoms with Crippen molar-refractivity contribution < 1.29 is 10.2 Å². The van der Waals surface area contributed by atoms with Gasteiger partial charge < -0.3 is 10.2 Å². The quantitative estimate of drug-likeness (QED) is 0.754. The topological polar surface area (TPSA) is 58.3 Å². The highest BCUT2D eigenvalue weighted by Crippen LogP contribution is 2.28. The lowest BCUT2D eigenvalue weighted by atomic mass is 10.1. The highest BCUT2D eigenvalue weighted by Gasteiger charge is 2.13. The molecule has 0 saturated carbocycles. The Kier molecular flexibility index (Phi) is 3.14. The number of aromatic hydroxyl groups is 2. The number of aromatic nitrogens is 2. The third kappa shape index (κ3) is 2.36. The lowest BCUT2D eigenvalue weighted by molar-refractivity contribution is 0.474. The van der Waals surface area contributed by atoms with Gasteiger partial charge in [0.1, 0.15) is 11.5 Å². The number of rotatable bonds is 2. The first kappa shape index (κ1) is 13.2. The smallest absolute Gasteiger partial charge is 0.115 e. The Morgan fingerprint density at radius 3 is 1.90 bits per heavy atom. The molecule has 2 aromatic carbocycles. The van der Waals surface area contributed by atoms with E-state index in [2.05, 4.69) is 5.10 Å². The molecule has 3 rings (SSSR count). The van der Waals surface area contributed by atoms with E-state index in [1.54, 1.807) is 24.3 Å². The van der Waals surface area contributed by atoms with Gasteiger partial charge in [-0.15, -0.1) is 0 Å². The zero-order valence-corrected chi connectivity index (χ0v) is 11.9. The maximum absolute atomic E-state index is 9.39. The molecule has 2 N–H and O–H groups in total. The van der Waals surface area contributed by atoms with Crippen molar-refractivity contribution in [3.63, 3.8) is 0 Å². The Morgan fingerprint density at radius 1 is 0.810 bits per heavy atom. The van der Waals surface area contributed by atoms with Crippen LogP contribution in [-0.4, -0.2) is 20.0 Å². The first-order valence-corrected chi connectivity index (χ1v) is 6.71. The third-order valence-electron chi connectivity index (χ3n) is 3.65. The highest BCUT2D eigenvalue weighted by atomic mass is 16.3. The molecular weight excluding hydrogens is 264 g/mol. The van der Waals surface area contributed by atoms with Crippen LogP contribution in [-0.2, 0) is 0 Å². The van der Waals surface area contributed by atoms with Gasteiger partial charge in [0.2, 0.25) is 0 Å². The molecule has 0 saturated heterocycles. The molecule has 3 aromatic rings. The van der Waals surface area contributed by atoms with Gasteiger partial charge in [0.25, 0.3) is 0 Å². The number of nitrogens with zero attached hydrogens (tertiary/aromatic N) is 2. The van der Waals surface area contributed by atoms with Gasteiger partial charge >= 0.3 is 0 Å². The van der Waals surface area contributed by atoms with E-state index >= 15 is 0 Å². The molecule has 0 spiro atoms. The summed E-state index contributed by atoms with van der Waals surface area (Å²) in [6.45, 7) is 4.04. The molecule has 0 atom stereocenters. The molecule has 0 amide bonds. The number of benzene rings is 2. The molecule has 0 bridgehead atoms. The van der Waals surface area contributed by atoms with E-state index in [0.29, 0.717) is 0 Å². The van der Waals surface area contributed by atoms with Crippen LogP contribution in [0.4, 0.5) is 0 Å². The van der Waals surface area contributed by atoms with E-state index in [4.69, 9.17) is 0 Å². The molecule has 0 aliphatic heterocycles. The normalized spacial score (nSPS) is 10.8. The van der Waals surface area contributed by atoms with Gasteiger partial charge in [-0.3, -0.25) is 0 Å². The summed E-state index contributed by atoms with van der Waals surface area (Å²) in [5.41, 5.74) is 4.89. The van der Waals surface area contributed by atoms with Crippen LogP contribution in [0.1, 0.15) is 11.3 Å². The first-order chi connectivity index (χ1) is 10.1. The van der Waals surface area contributed by atoms with Crippen LogP contribution in [0.3, 0.4) is 0 Å². The van der Waals surface area contributed by atoms with Gasteiger partial charge in [-0.05, 0) is 67.9 Å². The number of hydrogen-bond donors (Lipinski definition) is 2. The summed E-state index contributed by atoms with van der Waals surface area (Å²) in [4.78, 5) is 0. The fourth-order valence-corrected chi connectivity index (χ4v) is 2.32. The molecule has 0 aliphatic rings. The molecule has 106 valence electrons. The minimum Gasteiger partial charge on any atom is -0.508 e. The fraction of sp³-hybridized carbons (Fsp3) is 0.118. The molecule has 0 fully saturated rings. The van der Waals surface area contributed by atoms with Crippen molar-refractivity contribution in [3.05, 3.63) is 59.8 Å². The average Bonchev–Trinajstić information content (AvgIpc) is 2.78. The second kappa shape index (κ2) is 4.98. The number of phenols is 2. The van der Waals surface area contributed by atoms with E-state index in [1.807, 2.05) is 42.8 Å². The number of hydrogen-bond acceptors (Lipinski definition) is 3. The monoisotopic (exact) mass is 280 g/mol. The Hall–Kier alpha value is -2.75. The van der Waals surface area contributed by atoms with Crippen LogP contribution in [0.5, 0.6) is 11.5 Å². The second-order valence-corrected chi connectivity index (χ2v) is 5.03. The van der Waals surface area contributed by atoms with Crippen molar-refractivity contribution in [1.82, 2.24) is 9.78 Å².